The number of rotatable bonds is 7. The molecule has 1 aliphatic rings. The van der Waals surface area contributed by atoms with Crippen molar-refractivity contribution in [2.45, 2.75) is 44.6 Å². The Morgan fingerprint density at radius 3 is 2.76 bits per heavy atom. The molecule has 134 valence electrons. The molecule has 2 heterocycles. The molecule has 1 amide bonds. The van der Waals surface area contributed by atoms with Gasteiger partial charge in [-0.2, -0.15) is 0 Å². The van der Waals surface area contributed by atoms with E-state index in [1.54, 1.807) is 13.4 Å². The molecule has 3 rings (SSSR count). The molecule has 0 N–H and O–H groups in total. The molecule has 25 heavy (non-hydrogen) atoms. The maximum absolute atomic E-state index is 12.6. The molecule has 0 unspecified atom stereocenters. The van der Waals surface area contributed by atoms with Gasteiger partial charge in [-0.25, -0.2) is 0 Å². The van der Waals surface area contributed by atoms with Crippen LogP contribution in [0, 0.1) is 0 Å². The molecule has 6 nitrogen and oxygen atoms in total. The first-order valence-electron chi connectivity index (χ1n) is 8.95. The summed E-state index contributed by atoms with van der Waals surface area (Å²) in [5.41, 5.74) is 1.28. The normalized spacial score (nSPS) is 17.0. The fourth-order valence-corrected chi connectivity index (χ4v) is 3.47. The molecule has 1 atom stereocenters. The monoisotopic (exact) mass is 342 g/mol. The molecule has 0 bridgehead atoms. The summed E-state index contributed by atoms with van der Waals surface area (Å²) in [6, 6.07) is 8.23. The van der Waals surface area contributed by atoms with Crippen LogP contribution < -0.4 is 4.74 Å². The topological polar surface area (TPSA) is 60.2 Å². The van der Waals surface area contributed by atoms with Crippen LogP contribution in [0.2, 0.25) is 0 Å². The molecule has 0 spiro atoms. The van der Waals surface area contributed by atoms with E-state index in [0.717, 1.165) is 50.2 Å². The number of likely N-dealkylation sites (tertiary alicyclic amines) is 1. The first-order chi connectivity index (χ1) is 12.2. The van der Waals surface area contributed by atoms with E-state index in [1.165, 1.54) is 5.56 Å². The number of amides is 1. The minimum atomic E-state index is 0.0848. The van der Waals surface area contributed by atoms with Gasteiger partial charge in [0.05, 0.1) is 13.2 Å². The van der Waals surface area contributed by atoms with E-state index in [1.807, 2.05) is 28.6 Å². The van der Waals surface area contributed by atoms with E-state index in [4.69, 9.17) is 4.74 Å². The van der Waals surface area contributed by atoms with E-state index < -0.39 is 0 Å². The van der Waals surface area contributed by atoms with Gasteiger partial charge < -0.3 is 14.2 Å². The third kappa shape index (κ3) is 4.18. The van der Waals surface area contributed by atoms with Crippen molar-refractivity contribution in [1.29, 1.82) is 0 Å². The quantitative estimate of drug-likeness (QED) is 0.726. The van der Waals surface area contributed by atoms with Crippen molar-refractivity contribution in [2.75, 3.05) is 13.7 Å². The Bertz CT molecular complexity index is 696. The number of hydrogen-bond donors (Lipinski definition) is 0. The van der Waals surface area contributed by atoms with Crippen LogP contribution in [0.3, 0.4) is 0 Å². The van der Waals surface area contributed by atoms with E-state index >= 15 is 0 Å². The van der Waals surface area contributed by atoms with E-state index in [9.17, 15) is 4.79 Å². The summed E-state index contributed by atoms with van der Waals surface area (Å²) in [7, 11) is 3.61. The summed E-state index contributed by atoms with van der Waals surface area (Å²) < 4.78 is 7.09. The maximum Gasteiger partial charge on any atom is 0.223 e. The van der Waals surface area contributed by atoms with Crippen molar-refractivity contribution >= 4 is 5.91 Å². The Hall–Kier alpha value is -2.37. The van der Waals surface area contributed by atoms with E-state index in [2.05, 4.69) is 22.3 Å². The predicted octanol–water partition coefficient (Wildman–Crippen LogP) is 2.90. The Balaban J connectivity index is 1.46. The zero-order chi connectivity index (χ0) is 17.6. The van der Waals surface area contributed by atoms with Gasteiger partial charge in [-0.1, -0.05) is 12.1 Å². The molecule has 2 aromatic rings. The number of unbranched alkanes of at least 4 members (excludes halogenated alkanes) is 1. The average molecular weight is 342 g/mol. The molecule has 1 fully saturated rings. The fraction of sp³-hybridized carbons (Fsp3) is 0.526. The molecule has 0 radical (unpaired) electrons. The molecule has 0 aliphatic carbocycles. The Morgan fingerprint density at radius 1 is 1.28 bits per heavy atom. The number of carbonyl (C=O) groups is 1. The van der Waals surface area contributed by atoms with Crippen LogP contribution in [0.5, 0.6) is 5.75 Å². The van der Waals surface area contributed by atoms with E-state index in [-0.39, 0.29) is 11.9 Å². The molecule has 0 saturated carbocycles. The third-order valence-electron chi connectivity index (χ3n) is 4.88. The summed E-state index contributed by atoms with van der Waals surface area (Å²) in [6.45, 7) is 0.828. The first-order valence-corrected chi connectivity index (χ1v) is 8.95. The van der Waals surface area contributed by atoms with Gasteiger partial charge in [0, 0.05) is 20.0 Å². The van der Waals surface area contributed by atoms with Crippen molar-refractivity contribution in [1.82, 2.24) is 19.7 Å². The van der Waals surface area contributed by atoms with Crippen LogP contribution in [-0.2, 0) is 18.3 Å². The average Bonchev–Trinajstić information content (AvgIpc) is 3.27. The van der Waals surface area contributed by atoms with Gasteiger partial charge in [0.2, 0.25) is 5.91 Å². The van der Waals surface area contributed by atoms with Crippen LogP contribution in [0.4, 0.5) is 0 Å². The smallest absolute Gasteiger partial charge is 0.223 e. The molecular weight excluding hydrogens is 316 g/mol. The van der Waals surface area contributed by atoms with E-state index in [0.29, 0.717) is 6.42 Å². The second-order valence-corrected chi connectivity index (χ2v) is 6.60. The van der Waals surface area contributed by atoms with Gasteiger partial charge in [0.1, 0.15) is 12.1 Å². The summed E-state index contributed by atoms with van der Waals surface area (Å²) in [5.74, 6) is 2.01. The second kappa shape index (κ2) is 8.14. The summed E-state index contributed by atoms with van der Waals surface area (Å²) in [4.78, 5) is 14.6. The van der Waals surface area contributed by atoms with Crippen LogP contribution in [0.25, 0.3) is 0 Å². The number of nitrogens with zero attached hydrogens (tertiary/aromatic N) is 4. The van der Waals surface area contributed by atoms with Crippen molar-refractivity contribution in [3.63, 3.8) is 0 Å². The summed E-state index contributed by atoms with van der Waals surface area (Å²) >= 11 is 0. The Morgan fingerprint density at radius 2 is 2.08 bits per heavy atom. The largest absolute Gasteiger partial charge is 0.497 e. The number of aromatic nitrogens is 3. The highest BCUT2D eigenvalue weighted by Gasteiger charge is 2.32. The van der Waals surface area contributed by atoms with Crippen molar-refractivity contribution in [3.05, 3.63) is 42.0 Å². The highest BCUT2D eigenvalue weighted by atomic mass is 16.5. The number of hydrogen-bond acceptors (Lipinski definition) is 4. The van der Waals surface area contributed by atoms with Crippen LogP contribution in [0.1, 0.15) is 49.5 Å². The number of carbonyl (C=O) groups excluding carboxylic acids is 1. The van der Waals surface area contributed by atoms with Gasteiger partial charge in [-0.05, 0) is 49.8 Å². The summed E-state index contributed by atoms with van der Waals surface area (Å²) in [6.07, 6.45) is 7.23. The highest BCUT2D eigenvalue weighted by molar-refractivity contribution is 5.76. The van der Waals surface area contributed by atoms with Crippen LogP contribution in [0.15, 0.2) is 30.6 Å². The first kappa shape index (κ1) is 17.5. The summed E-state index contributed by atoms with van der Waals surface area (Å²) in [5, 5.41) is 8.14. The number of ether oxygens (including phenoxy) is 1. The number of aryl methyl sites for hydroxylation is 2. The molecule has 1 aromatic heterocycles. The zero-order valence-electron chi connectivity index (χ0n) is 15.0. The third-order valence-corrected chi connectivity index (χ3v) is 4.88. The van der Waals surface area contributed by atoms with Crippen LogP contribution >= 0.6 is 0 Å². The zero-order valence-corrected chi connectivity index (χ0v) is 15.0. The van der Waals surface area contributed by atoms with Gasteiger partial charge in [0.25, 0.3) is 0 Å². The number of methoxy groups -OCH3 is 1. The molecule has 1 aromatic carbocycles. The highest BCUT2D eigenvalue weighted by Crippen LogP contribution is 2.31. The minimum absolute atomic E-state index is 0.0848. The fourth-order valence-electron chi connectivity index (χ4n) is 3.47. The SMILES string of the molecule is COc1ccc(CCCCC(=O)N2CCC[C@@H]2c2nncn2C)cc1. The maximum atomic E-state index is 12.6. The van der Waals surface area contributed by atoms with Crippen molar-refractivity contribution in [2.24, 2.45) is 7.05 Å². The minimum Gasteiger partial charge on any atom is -0.497 e. The Kier molecular flexibility index (Phi) is 5.68. The molecule has 6 heteroatoms. The lowest BCUT2D eigenvalue weighted by atomic mass is 10.1. The van der Waals surface area contributed by atoms with Gasteiger partial charge in [0.15, 0.2) is 5.82 Å². The molecule has 1 aliphatic heterocycles. The second-order valence-electron chi connectivity index (χ2n) is 6.60. The lowest BCUT2D eigenvalue weighted by Crippen LogP contribution is -2.31. The Labute approximate surface area is 148 Å². The van der Waals surface area contributed by atoms with Gasteiger partial charge in [-0.3, -0.25) is 4.79 Å². The molecular formula is C19H26N4O2. The van der Waals surface area contributed by atoms with Gasteiger partial charge >= 0.3 is 0 Å². The van der Waals surface area contributed by atoms with Gasteiger partial charge in [-0.15, -0.1) is 10.2 Å². The van der Waals surface area contributed by atoms with Crippen molar-refractivity contribution < 1.29 is 9.53 Å². The number of benzene rings is 1. The molecule has 1 saturated heterocycles. The van der Waals surface area contributed by atoms with Crippen molar-refractivity contribution in [3.8, 4) is 5.75 Å². The standard InChI is InChI=1S/C19H26N4O2/c1-22-14-20-21-19(22)17-7-5-13-23(17)18(24)8-4-3-6-15-9-11-16(25-2)12-10-15/h9-12,14,17H,3-8,13H2,1-2H3/t17-/m1/s1. The lowest BCUT2D eigenvalue weighted by Gasteiger charge is -2.24. The predicted molar refractivity (Wildman–Crippen MR) is 95.2 cm³/mol. The lowest BCUT2D eigenvalue weighted by molar-refractivity contribution is -0.132. The van der Waals surface area contributed by atoms with Crippen LogP contribution in [-0.4, -0.2) is 39.2 Å².